The van der Waals surface area contributed by atoms with Crippen molar-refractivity contribution in [3.8, 4) is 5.69 Å². The fraction of sp³-hybridized carbons (Fsp3) is 0.484. The minimum absolute atomic E-state index is 0.0397. The van der Waals surface area contributed by atoms with Crippen molar-refractivity contribution in [1.82, 2.24) is 24.8 Å². The molecule has 0 aliphatic carbocycles. The number of amides is 2. The maximum absolute atomic E-state index is 13.3. The molecule has 0 N–H and O–H groups in total. The van der Waals surface area contributed by atoms with Crippen LogP contribution in [0.15, 0.2) is 48.7 Å². The lowest BCUT2D eigenvalue weighted by Gasteiger charge is -2.46. The number of para-hydroxylation sites is 1. The van der Waals surface area contributed by atoms with Crippen molar-refractivity contribution in [2.24, 2.45) is 0 Å². The van der Waals surface area contributed by atoms with Crippen molar-refractivity contribution in [2.45, 2.75) is 64.5 Å². The zero-order chi connectivity index (χ0) is 30.2. The highest BCUT2D eigenvalue weighted by Gasteiger charge is 2.46. The van der Waals surface area contributed by atoms with E-state index in [-0.39, 0.29) is 23.5 Å². The van der Waals surface area contributed by atoms with Crippen molar-refractivity contribution in [3.05, 3.63) is 70.0 Å². The number of likely N-dealkylation sites (tertiary alicyclic amines) is 1. The number of carbonyl (C=O) groups is 2. The fourth-order valence-corrected chi connectivity index (χ4v) is 6.08. The lowest BCUT2D eigenvalue weighted by Crippen LogP contribution is -2.60. The molecule has 0 spiro atoms. The van der Waals surface area contributed by atoms with Crippen molar-refractivity contribution in [3.63, 3.8) is 0 Å². The lowest BCUT2D eigenvalue weighted by atomic mass is 9.79. The molecule has 2 aromatic carbocycles. The first kappa shape index (κ1) is 30.2. The average molecular weight is 614 g/mol. The average Bonchev–Trinajstić information content (AvgIpc) is 3.41. The molecule has 42 heavy (non-hydrogen) atoms. The van der Waals surface area contributed by atoms with Gasteiger partial charge in [0.2, 0.25) is 5.91 Å². The Morgan fingerprint density at radius 1 is 1.07 bits per heavy atom. The zero-order valence-corrected chi connectivity index (χ0v) is 26.3. The Hall–Kier alpha value is -3.30. The molecule has 11 heteroatoms. The van der Waals surface area contributed by atoms with Crippen LogP contribution in [-0.2, 0) is 21.4 Å². The van der Waals surface area contributed by atoms with Crippen molar-refractivity contribution in [1.29, 1.82) is 0 Å². The van der Waals surface area contributed by atoms with Crippen LogP contribution < -0.4 is 4.90 Å². The first-order valence-corrected chi connectivity index (χ1v) is 15.1. The van der Waals surface area contributed by atoms with Gasteiger partial charge in [0.05, 0.1) is 28.3 Å². The van der Waals surface area contributed by atoms with Gasteiger partial charge in [-0.15, -0.1) is 5.10 Å². The summed E-state index contributed by atoms with van der Waals surface area (Å²) >= 11 is 12.6. The van der Waals surface area contributed by atoms with E-state index in [2.05, 4.69) is 29.1 Å². The minimum Gasteiger partial charge on any atom is -0.444 e. The maximum Gasteiger partial charge on any atom is 0.410 e. The topological polar surface area (TPSA) is 83.8 Å². The summed E-state index contributed by atoms with van der Waals surface area (Å²) in [6.45, 7) is 12.8. The second-order valence-electron chi connectivity index (χ2n) is 12.6. The fourth-order valence-electron chi connectivity index (χ4n) is 5.68. The van der Waals surface area contributed by atoms with Gasteiger partial charge in [-0.3, -0.25) is 4.79 Å². The molecule has 2 aliphatic heterocycles. The summed E-state index contributed by atoms with van der Waals surface area (Å²) in [5, 5.41) is 10.2. The van der Waals surface area contributed by atoms with Crippen molar-refractivity contribution < 1.29 is 14.3 Å². The van der Waals surface area contributed by atoms with Gasteiger partial charge in [-0.05, 0) is 63.9 Å². The van der Waals surface area contributed by atoms with Crippen LogP contribution >= 0.6 is 23.2 Å². The molecule has 2 saturated heterocycles. The molecule has 2 amide bonds. The Kier molecular flexibility index (Phi) is 8.45. The quantitative estimate of drug-likeness (QED) is 0.352. The van der Waals surface area contributed by atoms with Gasteiger partial charge in [0.15, 0.2) is 0 Å². The summed E-state index contributed by atoms with van der Waals surface area (Å²) in [6.07, 6.45) is 2.59. The van der Waals surface area contributed by atoms with Crippen LogP contribution in [0.1, 0.15) is 52.3 Å². The second kappa shape index (κ2) is 11.8. The van der Waals surface area contributed by atoms with Crippen LogP contribution in [0.2, 0.25) is 10.0 Å². The van der Waals surface area contributed by atoms with Crippen LogP contribution in [0.5, 0.6) is 0 Å². The van der Waals surface area contributed by atoms with E-state index in [9.17, 15) is 9.59 Å². The number of hydrogen-bond acceptors (Lipinski definition) is 6. The van der Waals surface area contributed by atoms with Gasteiger partial charge in [0.1, 0.15) is 5.60 Å². The first-order chi connectivity index (χ1) is 19.8. The molecule has 0 bridgehead atoms. The van der Waals surface area contributed by atoms with E-state index >= 15 is 0 Å². The molecule has 9 nitrogen and oxygen atoms in total. The molecule has 5 rings (SSSR count). The minimum atomic E-state index is -0.533. The van der Waals surface area contributed by atoms with Gasteiger partial charge in [-0.1, -0.05) is 53.5 Å². The van der Waals surface area contributed by atoms with E-state index in [4.69, 9.17) is 27.9 Å². The molecule has 2 fully saturated rings. The second-order valence-corrected chi connectivity index (χ2v) is 13.4. The molecule has 1 atom stereocenters. The molecular formula is C31H38Cl2N6O3. The van der Waals surface area contributed by atoms with Crippen LogP contribution in [0.25, 0.3) is 5.69 Å². The lowest BCUT2D eigenvalue weighted by molar-refractivity contribution is -0.133. The molecule has 3 aromatic rings. The number of rotatable bonds is 6. The maximum atomic E-state index is 13.3. The van der Waals surface area contributed by atoms with Gasteiger partial charge >= 0.3 is 6.09 Å². The number of benzene rings is 2. The number of halogens is 2. The molecule has 0 radical (unpaired) electrons. The van der Waals surface area contributed by atoms with Crippen LogP contribution in [0, 0.1) is 0 Å². The van der Waals surface area contributed by atoms with Gasteiger partial charge in [-0.25, -0.2) is 9.48 Å². The number of anilines is 1. The summed E-state index contributed by atoms with van der Waals surface area (Å²) in [6, 6.07) is 13.5. The summed E-state index contributed by atoms with van der Waals surface area (Å²) in [5.41, 5.74) is 2.80. The molecular weight excluding hydrogens is 575 g/mol. The standard InChI is InChI=1S/C31H38Cl2N6O3/c1-21-17-36(26-16-23(32)11-12-24(26)33)14-15-38(21)28(40)13-10-22-8-6-7-9-25(22)39-18-27(34-35-39)31(5)19-37(20-31)29(41)42-30(2,3)4/h6-9,11-12,16,18,21H,10,13-15,17,19-20H2,1-5H3. The summed E-state index contributed by atoms with van der Waals surface area (Å²) in [5.74, 6) is 0.123. The molecule has 1 aromatic heterocycles. The van der Waals surface area contributed by atoms with Crippen molar-refractivity contribution >= 4 is 40.9 Å². The van der Waals surface area contributed by atoms with E-state index in [1.807, 2.05) is 68.3 Å². The third-order valence-electron chi connectivity index (χ3n) is 7.89. The Labute approximate surface area is 257 Å². The third kappa shape index (κ3) is 6.52. The van der Waals surface area contributed by atoms with Crippen LogP contribution in [-0.4, -0.2) is 81.2 Å². The van der Waals surface area contributed by atoms with Crippen LogP contribution in [0.4, 0.5) is 10.5 Å². The number of carbonyl (C=O) groups excluding carboxylic acids is 2. The number of ether oxygens (including phenoxy) is 1. The third-order valence-corrected chi connectivity index (χ3v) is 8.44. The molecule has 1 unspecified atom stereocenters. The monoisotopic (exact) mass is 612 g/mol. The van der Waals surface area contributed by atoms with E-state index in [1.54, 1.807) is 15.6 Å². The largest absolute Gasteiger partial charge is 0.444 e. The number of hydrogen-bond donors (Lipinski definition) is 0. The zero-order valence-electron chi connectivity index (χ0n) is 24.8. The Morgan fingerprint density at radius 2 is 1.81 bits per heavy atom. The van der Waals surface area contributed by atoms with Gasteiger partial charge < -0.3 is 19.4 Å². The molecule has 2 aliphatic rings. The molecule has 224 valence electrons. The van der Waals surface area contributed by atoms with E-state index < -0.39 is 5.60 Å². The Balaban J connectivity index is 1.20. The molecule has 0 saturated carbocycles. The molecule has 3 heterocycles. The Morgan fingerprint density at radius 3 is 2.52 bits per heavy atom. The highest BCUT2D eigenvalue weighted by Crippen LogP contribution is 2.34. The summed E-state index contributed by atoms with van der Waals surface area (Å²) in [7, 11) is 0. The number of nitrogens with zero attached hydrogens (tertiary/aromatic N) is 6. The first-order valence-electron chi connectivity index (χ1n) is 14.3. The highest BCUT2D eigenvalue weighted by atomic mass is 35.5. The van der Waals surface area contributed by atoms with Crippen molar-refractivity contribution in [2.75, 3.05) is 37.6 Å². The van der Waals surface area contributed by atoms with Gasteiger partial charge in [-0.2, -0.15) is 0 Å². The SMILES string of the molecule is CC1CN(c2cc(Cl)ccc2Cl)CCN1C(=O)CCc1ccccc1-n1cc(C2(C)CN(C(=O)OC(C)(C)C)C2)nn1. The van der Waals surface area contributed by atoms with E-state index in [1.165, 1.54) is 0 Å². The van der Waals surface area contributed by atoms with Gasteiger partial charge in [0, 0.05) is 55.6 Å². The van der Waals surface area contributed by atoms with E-state index in [0.29, 0.717) is 55.6 Å². The van der Waals surface area contributed by atoms with Crippen LogP contribution in [0.3, 0.4) is 0 Å². The number of aryl methyl sites for hydroxylation is 1. The Bertz CT molecular complexity index is 1460. The highest BCUT2D eigenvalue weighted by molar-refractivity contribution is 6.35. The number of piperazine rings is 1. The predicted octanol–water partition coefficient (Wildman–Crippen LogP) is 5.75. The normalized spacial score (nSPS) is 18.5. The summed E-state index contributed by atoms with van der Waals surface area (Å²) in [4.78, 5) is 31.6. The van der Waals surface area contributed by atoms with E-state index in [0.717, 1.165) is 22.6 Å². The smallest absolute Gasteiger partial charge is 0.410 e. The number of aromatic nitrogens is 3. The van der Waals surface area contributed by atoms with Gasteiger partial charge in [0.25, 0.3) is 0 Å². The predicted molar refractivity (Wildman–Crippen MR) is 165 cm³/mol. The summed E-state index contributed by atoms with van der Waals surface area (Å²) < 4.78 is 7.26.